The molecule has 9 heteroatoms. The molecule has 0 aliphatic heterocycles. The van der Waals surface area contributed by atoms with E-state index in [1.165, 1.54) is 25.1 Å². The zero-order chi connectivity index (χ0) is 14.9. The van der Waals surface area contributed by atoms with Crippen molar-refractivity contribution in [2.75, 3.05) is 5.32 Å². The van der Waals surface area contributed by atoms with E-state index in [2.05, 4.69) is 10.3 Å². The van der Waals surface area contributed by atoms with Gasteiger partial charge in [-0.05, 0) is 13.0 Å². The first kappa shape index (κ1) is 14.1. The second kappa shape index (κ2) is 4.99. The quantitative estimate of drug-likeness (QED) is 0.688. The van der Waals surface area contributed by atoms with Crippen LogP contribution in [-0.4, -0.2) is 22.1 Å². The number of benzene rings is 1. The Morgan fingerprint density at radius 1 is 1.50 bits per heavy atom. The molecule has 1 heterocycles. The fourth-order valence-electron chi connectivity index (χ4n) is 1.70. The van der Waals surface area contributed by atoms with Crippen molar-refractivity contribution < 1.29 is 22.5 Å². The number of aromatic nitrogens is 1. The predicted octanol–water partition coefficient (Wildman–Crippen LogP) is 3.49. The number of halogens is 3. The number of fused-ring (bicyclic) bond motifs is 1. The molecule has 0 aliphatic rings. The van der Waals surface area contributed by atoms with E-state index in [1.807, 2.05) is 0 Å². The summed E-state index contributed by atoms with van der Waals surface area (Å²) in [4.78, 5) is 13.9. The Hall–Kier alpha value is -2.32. The van der Waals surface area contributed by atoms with E-state index < -0.39 is 23.6 Å². The molecule has 1 unspecified atom stereocenters. The largest absolute Gasteiger partial charge is 0.423 e. The molecule has 108 valence electrons. The highest BCUT2D eigenvalue weighted by atomic mass is 19.4. The van der Waals surface area contributed by atoms with Crippen LogP contribution < -0.4 is 5.32 Å². The first-order valence-corrected chi connectivity index (χ1v) is 5.63. The molecule has 1 atom stereocenters. The van der Waals surface area contributed by atoms with Crippen molar-refractivity contribution >= 4 is 22.8 Å². The number of hydrogen-bond donors (Lipinski definition) is 1. The van der Waals surface area contributed by atoms with Crippen LogP contribution in [0.5, 0.6) is 0 Å². The Kier molecular flexibility index (Phi) is 3.51. The van der Waals surface area contributed by atoms with E-state index >= 15 is 0 Å². The number of hydrogen-bond acceptors (Lipinski definition) is 5. The maximum Gasteiger partial charge on any atom is 0.391 e. The van der Waals surface area contributed by atoms with Crippen molar-refractivity contribution in [2.24, 2.45) is 0 Å². The van der Waals surface area contributed by atoms with Crippen molar-refractivity contribution in [2.45, 2.75) is 25.6 Å². The van der Waals surface area contributed by atoms with Crippen LogP contribution in [-0.2, 0) is 0 Å². The van der Waals surface area contributed by atoms with E-state index in [0.717, 1.165) is 0 Å². The summed E-state index contributed by atoms with van der Waals surface area (Å²) in [5.74, 6) is 0. The van der Waals surface area contributed by atoms with E-state index in [1.54, 1.807) is 0 Å². The molecule has 20 heavy (non-hydrogen) atoms. The second-order valence-corrected chi connectivity index (χ2v) is 4.29. The molecule has 0 bridgehead atoms. The van der Waals surface area contributed by atoms with Gasteiger partial charge in [0.05, 0.1) is 17.4 Å². The van der Waals surface area contributed by atoms with E-state index in [-0.39, 0.29) is 17.3 Å². The lowest BCUT2D eigenvalue weighted by atomic mass is 10.2. The summed E-state index contributed by atoms with van der Waals surface area (Å²) < 4.78 is 41.7. The number of nitrogens with zero attached hydrogens (tertiary/aromatic N) is 2. The Balaban J connectivity index is 2.17. The summed E-state index contributed by atoms with van der Waals surface area (Å²) in [6.07, 6.45) is -5.33. The van der Waals surface area contributed by atoms with Crippen LogP contribution in [0.1, 0.15) is 13.3 Å². The van der Waals surface area contributed by atoms with Crippen molar-refractivity contribution in [1.29, 1.82) is 0 Å². The minimum atomic E-state index is -4.29. The van der Waals surface area contributed by atoms with Gasteiger partial charge < -0.3 is 9.73 Å². The van der Waals surface area contributed by atoms with Crippen molar-refractivity contribution in [3.05, 3.63) is 28.3 Å². The highest BCUT2D eigenvalue weighted by molar-refractivity contribution is 5.77. The maximum absolute atomic E-state index is 12.2. The molecule has 0 amide bonds. The van der Waals surface area contributed by atoms with Gasteiger partial charge in [0.1, 0.15) is 5.52 Å². The number of nitro groups is 1. The zero-order valence-electron chi connectivity index (χ0n) is 10.3. The van der Waals surface area contributed by atoms with Crippen LogP contribution in [0, 0.1) is 10.1 Å². The Bertz CT molecular complexity index is 639. The molecule has 0 radical (unpaired) electrons. The molecule has 0 saturated carbocycles. The molecule has 1 aromatic heterocycles. The molecular weight excluding hydrogens is 279 g/mol. The standard InChI is InChI=1S/C11H10F3N3O3/c1-6(5-11(12,13)14)15-10-16-8-3-2-7(17(18)19)4-9(8)20-10/h2-4,6H,5H2,1H3,(H,15,16). The molecule has 6 nitrogen and oxygen atoms in total. The van der Waals surface area contributed by atoms with E-state index in [4.69, 9.17) is 4.42 Å². The topological polar surface area (TPSA) is 81.2 Å². The second-order valence-electron chi connectivity index (χ2n) is 4.29. The average molecular weight is 289 g/mol. The number of oxazole rings is 1. The lowest BCUT2D eigenvalue weighted by Gasteiger charge is -2.13. The van der Waals surface area contributed by atoms with Gasteiger partial charge in [-0.2, -0.15) is 18.2 Å². The molecular formula is C11H10F3N3O3. The van der Waals surface area contributed by atoms with Gasteiger partial charge in [0, 0.05) is 12.1 Å². The monoisotopic (exact) mass is 289 g/mol. The number of non-ortho nitro benzene ring substituents is 1. The van der Waals surface area contributed by atoms with Gasteiger partial charge in [0.15, 0.2) is 5.58 Å². The predicted molar refractivity (Wildman–Crippen MR) is 64.4 cm³/mol. The zero-order valence-corrected chi connectivity index (χ0v) is 10.3. The summed E-state index contributed by atoms with van der Waals surface area (Å²) in [5.41, 5.74) is 0.293. The Labute approximate surface area is 110 Å². The third-order valence-corrected chi connectivity index (χ3v) is 2.49. The Morgan fingerprint density at radius 2 is 2.20 bits per heavy atom. The third-order valence-electron chi connectivity index (χ3n) is 2.49. The van der Waals surface area contributed by atoms with Crippen LogP contribution in [0.25, 0.3) is 11.1 Å². The van der Waals surface area contributed by atoms with Gasteiger partial charge in [-0.3, -0.25) is 10.1 Å². The fraction of sp³-hybridized carbons (Fsp3) is 0.364. The van der Waals surface area contributed by atoms with Gasteiger partial charge in [0.2, 0.25) is 0 Å². The summed E-state index contributed by atoms with van der Waals surface area (Å²) in [6.45, 7) is 1.34. The average Bonchev–Trinajstić information content (AvgIpc) is 2.66. The lowest BCUT2D eigenvalue weighted by molar-refractivity contribution is -0.384. The first-order chi connectivity index (χ1) is 9.24. The van der Waals surface area contributed by atoms with Crippen LogP contribution in [0.15, 0.2) is 22.6 Å². The number of alkyl halides is 3. The summed E-state index contributed by atoms with van der Waals surface area (Å²) in [5, 5.41) is 13.1. The minimum Gasteiger partial charge on any atom is -0.423 e. The summed E-state index contributed by atoms with van der Waals surface area (Å²) >= 11 is 0. The van der Waals surface area contributed by atoms with Gasteiger partial charge in [0.25, 0.3) is 11.7 Å². The molecule has 0 aliphatic carbocycles. The third kappa shape index (κ3) is 3.37. The van der Waals surface area contributed by atoms with Crippen molar-refractivity contribution in [3.63, 3.8) is 0 Å². The highest BCUT2D eigenvalue weighted by Crippen LogP contribution is 2.26. The van der Waals surface area contributed by atoms with Crippen molar-refractivity contribution in [1.82, 2.24) is 4.98 Å². The van der Waals surface area contributed by atoms with Crippen LogP contribution >= 0.6 is 0 Å². The van der Waals surface area contributed by atoms with Crippen molar-refractivity contribution in [3.8, 4) is 0 Å². The number of nitro benzene ring substituents is 1. The number of anilines is 1. The lowest BCUT2D eigenvalue weighted by Crippen LogP contribution is -2.23. The molecule has 0 saturated heterocycles. The summed E-state index contributed by atoms with van der Waals surface area (Å²) in [6, 6.07) is 2.77. The summed E-state index contributed by atoms with van der Waals surface area (Å²) in [7, 11) is 0. The number of nitrogens with one attached hydrogen (secondary N) is 1. The SMILES string of the molecule is CC(CC(F)(F)F)Nc1nc2ccc([N+](=O)[O-])cc2o1. The Morgan fingerprint density at radius 3 is 2.80 bits per heavy atom. The normalized spacial score (nSPS) is 13.4. The van der Waals surface area contributed by atoms with Gasteiger partial charge >= 0.3 is 6.18 Å². The van der Waals surface area contributed by atoms with Gasteiger partial charge in [-0.1, -0.05) is 0 Å². The van der Waals surface area contributed by atoms with Gasteiger partial charge in [-0.25, -0.2) is 0 Å². The maximum atomic E-state index is 12.2. The van der Waals surface area contributed by atoms with E-state index in [0.29, 0.717) is 5.52 Å². The molecule has 2 aromatic rings. The van der Waals surface area contributed by atoms with Gasteiger partial charge in [-0.15, -0.1) is 0 Å². The van der Waals surface area contributed by atoms with Crippen LogP contribution in [0.3, 0.4) is 0 Å². The highest BCUT2D eigenvalue weighted by Gasteiger charge is 2.30. The minimum absolute atomic E-state index is 0.0998. The fourth-order valence-corrected chi connectivity index (χ4v) is 1.70. The van der Waals surface area contributed by atoms with Crippen LogP contribution in [0.2, 0.25) is 0 Å². The number of rotatable bonds is 4. The molecule has 0 fully saturated rings. The molecule has 1 N–H and O–H groups in total. The molecule has 2 rings (SSSR count). The molecule has 0 spiro atoms. The van der Waals surface area contributed by atoms with E-state index in [9.17, 15) is 23.3 Å². The first-order valence-electron chi connectivity index (χ1n) is 5.63. The smallest absolute Gasteiger partial charge is 0.391 e. The van der Waals surface area contributed by atoms with Crippen LogP contribution in [0.4, 0.5) is 24.9 Å². The molecule has 1 aromatic carbocycles.